The molecule has 2 aromatic rings. The van der Waals surface area contributed by atoms with Gasteiger partial charge in [-0.25, -0.2) is 0 Å². The molecule has 25 heavy (non-hydrogen) atoms. The van der Waals surface area contributed by atoms with Gasteiger partial charge in [0.1, 0.15) is 12.2 Å². The zero-order chi connectivity index (χ0) is 18.2. The highest BCUT2D eigenvalue weighted by molar-refractivity contribution is 5.95. The summed E-state index contributed by atoms with van der Waals surface area (Å²) >= 11 is 0. The van der Waals surface area contributed by atoms with Crippen molar-refractivity contribution in [3.8, 4) is 0 Å². The molecule has 0 spiro atoms. The van der Waals surface area contributed by atoms with E-state index in [9.17, 15) is 19.7 Å². The predicted octanol–water partition coefficient (Wildman–Crippen LogP) is 3.27. The molecule has 7 heteroatoms. The van der Waals surface area contributed by atoms with Gasteiger partial charge < -0.3 is 10.1 Å². The predicted molar refractivity (Wildman–Crippen MR) is 92.2 cm³/mol. The number of hydrogen-bond donors (Lipinski definition) is 1. The number of methoxy groups -OCH3 is 1. The normalized spacial score (nSPS) is 11.4. The molecule has 0 aliphatic heterocycles. The van der Waals surface area contributed by atoms with Gasteiger partial charge in [-0.2, -0.15) is 0 Å². The van der Waals surface area contributed by atoms with Crippen LogP contribution in [-0.2, 0) is 14.3 Å². The molecular formula is C18H18N2O5. The lowest BCUT2D eigenvalue weighted by molar-refractivity contribution is -0.384. The van der Waals surface area contributed by atoms with Crippen LogP contribution in [0.2, 0.25) is 0 Å². The van der Waals surface area contributed by atoms with Crippen LogP contribution in [0.1, 0.15) is 24.4 Å². The molecule has 0 aromatic heterocycles. The van der Waals surface area contributed by atoms with Crippen LogP contribution in [0.3, 0.4) is 0 Å². The maximum Gasteiger partial charge on any atom is 0.313 e. The highest BCUT2D eigenvalue weighted by atomic mass is 16.6. The quantitative estimate of drug-likeness (QED) is 0.342. The summed E-state index contributed by atoms with van der Waals surface area (Å²) in [6.45, 7) is 0. The molecule has 1 N–H and O–H groups in total. The molecule has 130 valence electrons. The van der Waals surface area contributed by atoms with Gasteiger partial charge in [0.05, 0.1) is 18.1 Å². The molecule has 0 fully saturated rings. The molecular weight excluding hydrogens is 324 g/mol. The molecule has 2 rings (SSSR count). The molecule has 0 bridgehead atoms. The van der Waals surface area contributed by atoms with Crippen LogP contribution in [0.25, 0.3) is 0 Å². The standard InChI is InChI=1S/C18H18N2O5/c1-25-18(22)12-16(21)11-17(19-14-5-3-2-4-6-14)13-7-9-15(10-8-13)20(23)24/h2-10,17,19H,11-12H2,1H3. The largest absolute Gasteiger partial charge is 0.469 e. The maximum atomic E-state index is 12.1. The van der Waals surface area contributed by atoms with Crippen LogP contribution < -0.4 is 5.32 Å². The lowest BCUT2D eigenvalue weighted by atomic mass is 9.99. The smallest absolute Gasteiger partial charge is 0.313 e. The second-order valence-electron chi connectivity index (χ2n) is 5.41. The summed E-state index contributed by atoms with van der Waals surface area (Å²) in [6.07, 6.45) is -0.252. The fourth-order valence-corrected chi connectivity index (χ4v) is 2.35. The average Bonchev–Trinajstić information content (AvgIpc) is 2.62. The van der Waals surface area contributed by atoms with Gasteiger partial charge in [0.15, 0.2) is 0 Å². The summed E-state index contributed by atoms with van der Waals surface area (Å²) in [5.74, 6) is -0.870. The molecule has 0 aliphatic rings. The number of benzene rings is 2. The Morgan fingerprint density at radius 3 is 2.32 bits per heavy atom. The van der Waals surface area contributed by atoms with E-state index in [0.717, 1.165) is 5.69 Å². The number of para-hydroxylation sites is 1. The number of anilines is 1. The fraction of sp³-hybridized carbons (Fsp3) is 0.222. The Morgan fingerprint density at radius 2 is 1.76 bits per heavy atom. The minimum Gasteiger partial charge on any atom is -0.469 e. The molecule has 1 atom stereocenters. The molecule has 0 aliphatic carbocycles. The van der Waals surface area contributed by atoms with E-state index < -0.39 is 16.9 Å². The van der Waals surface area contributed by atoms with Crippen molar-refractivity contribution >= 4 is 23.1 Å². The number of nitrogens with one attached hydrogen (secondary N) is 1. The molecule has 0 amide bonds. The van der Waals surface area contributed by atoms with Crippen molar-refractivity contribution in [3.63, 3.8) is 0 Å². The van der Waals surface area contributed by atoms with Gasteiger partial charge in [-0.3, -0.25) is 19.7 Å². The Morgan fingerprint density at radius 1 is 1.12 bits per heavy atom. The molecule has 0 saturated heterocycles. The third-order valence-corrected chi connectivity index (χ3v) is 3.62. The minimum atomic E-state index is -0.591. The topological polar surface area (TPSA) is 98.5 Å². The van der Waals surface area contributed by atoms with Gasteiger partial charge in [0.2, 0.25) is 0 Å². The van der Waals surface area contributed by atoms with Crippen molar-refractivity contribution in [1.82, 2.24) is 0 Å². The molecule has 0 heterocycles. The number of nitro groups is 1. The van der Waals surface area contributed by atoms with E-state index in [0.29, 0.717) is 5.56 Å². The number of non-ortho nitro benzene ring substituents is 1. The second kappa shape index (κ2) is 8.58. The van der Waals surface area contributed by atoms with Gasteiger partial charge >= 0.3 is 5.97 Å². The lowest BCUT2D eigenvalue weighted by Crippen LogP contribution is -2.18. The van der Waals surface area contributed by atoms with E-state index in [1.54, 1.807) is 12.1 Å². The number of nitrogens with zero attached hydrogens (tertiary/aromatic N) is 1. The van der Waals surface area contributed by atoms with E-state index in [1.165, 1.54) is 19.2 Å². The van der Waals surface area contributed by atoms with Crippen LogP contribution in [0.15, 0.2) is 54.6 Å². The number of rotatable bonds is 8. The number of Topliss-reactive ketones (excluding diaryl/α,β-unsaturated/α-hetero) is 1. The first-order chi connectivity index (χ1) is 12.0. The van der Waals surface area contributed by atoms with Crippen LogP contribution >= 0.6 is 0 Å². The lowest BCUT2D eigenvalue weighted by Gasteiger charge is -2.20. The second-order valence-corrected chi connectivity index (χ2v) is 5.41. The molecule has 7 nitrogen and oxygen atoms in total. The van der Waals surface area contributed by atoms with Gasteiger partial charge in [0, 0.05) is 24.2 Å². The Hall–Kier alpha value is -3.22. The Bertz CT molecular complexity index is 744. The van der Waals surface area contributed by atoms with Crippen molar-refractivity contribution in [1.29, 1.82) is 0 Å². The molecule has 2 aromatic carbocycles. The summed E-state index contributed by atoms with van der Waals surface area (Å²) in [4.78, 5) is 33.7. The maximum absolute atomic E-state index is 12.1. The minimum absolute atomic E-state index is 0.0249. The number of carbonyl (C=O) groups excluding carboxylic acids is 2. The van der Waals surface area contributed by atoms with E-state index in [4.69, 9.17) is 0 Å². The van der Waals surface area contributed by atoms with Gasteiger partial charge in [0.25, 0.3) is 5.69 Å². The zero-order valence-electron chi connectivity index (χ0n) is 13.7. The third kappa shape index (κ3) is 5.42. The van der Waals surface area contributed by atoms with Crippen molar-refractivity contribution in [2.24, 2.45) is 0 Å². The number of ketones is 1. The zero-order valence-corrected chi connectivity index (χ0v) is 13.7. The van der Waals surface area contributed by atoms with Gasteiger partial charge in [-0.15, -0.1) is 0 Å². The molecule has 0 radical (unpaired) electrons. The number of nitro benzene ring substituents is 1. The first-order valence-electron chi connectivity index (χ1n) is 7.64. The molecule has 0 saturated carbocycles. The highest BCUT2D eigenvalue weighted by Gasteiger charge is 2.19. The Kier molecular flexibility index (Phi) is 6.22. The van der Waals surface area contributed by atoms with Crippen LogP contribution in [0.4, 0.5) is 11.4 Å². The Balaban J connectivity index is 2.20. The van der Waals surface area contributed by atoms with Gasteiger partial charge in [-0.1, -0.05) is 30.3 Å². The summed E-state index contributed by atoms with van der Waals surface area (Å²) in [6, 6.07) is 14.8. The van der Waals surface area contributed by atoms with Gasteiger partial charge in [-0.05, 0) is 17.7 Å². The van der Waals surface area contributed by atoms with Crippen LogP contribution in [-0.4, -0.2) is 23.8 Å². The van der Waals surface area contributed by atoms with Crippen molar-refractivity contribution in [2.45, 2.75) is 18.9 Å². The number of carbonyl (C=O) groups is 2. The summed E-state index contributed by atoms with van der Waals surface area (Å²) in [7, 11) is 1.23. The van der Waals surface area contributed by atoms with E-state index >= 15 is 0 Å². The van der Waals surface area contributed by atoms with E-state index in [-0.39, 0.29) is 24.3 Å². The molecule has 1 unspecified atom stereocenters. The third-order valence-electron chi connectivity index (χ3n) is 3.62. The number of ether oxygens (including phenoxy) is 1. The van der Waals surface area contributed by atoms with E-state index in [1.807, 2.05) is 30.3 Å². The fourth-order valence-electron chi connectivity index (χ4n) is 2.35. The average molecular weight is 342 g/mol. The monoisotopic (exact) mass is 342 g/mol. The summed E-state index contributed by atoms with van der Waals surface area (Å²) < 4.78 is 4.51. The van der Waals surface area contributed by atoms with Crippen LogP contribution in [0, 0.1) is 10.1 Å². The summed E-state index contributed by atoms with van der Waals surface area (Å²) in [5, 5.41) is 14.0. The number of esters is 1. The summed E-state index contributed by atoms with van der Waals surface area (Å²) in [5.41, 5.74) is 1.49. The Labute approximate surface area is 144 Å². The van der Waals surface area contributed by atoms with Crippen molar-refractivity contribution in [3.05, 3.63) is 70.3 Å². The first-order valence-corrected chi connectivity index (χ1v) is 7.64. The SMILES string of the molecule is COC(=O)CC(=O)CC(Nc1ccccc1)c1ccc([N+](=O)[O-])cc1. The van der Waals surface area contributed by atoms with E-state index in [2.05, 4.69) is 10.1 Å². The number of hydrogen-bond acceptors (Lipinski definition) is 6. The van der Waals surface area contributed by atoms with Crippen LogP contribution in [0.5, 0.6) is 0 Å². The highest BCUT2D eigenvalue weighted by Crippen LogP contribution is 2.25. The first kappa shape index (κ1) is 18.1. The van der Waals surface area contributed by atoms with Crippen molar-refractivity contribution in [2.75, 3.05) is 12.4 Å². The van der Waals surface area contributed by atoms with Crippen molar-refractivity contribution < 1.29 is 19.2 Å².